The molecule has 0 aliphatic rings. The largest absolute Gasteiger partial charge is 0.400 e. The first-order valence-corrected chi connectivity index (χ1v) is 21.9. The lowest BCUT2D eigenvalue weighted by molar-refractivity contribution is 0.0138. The van der Waals surface area contributed by atoms with E-state index in [9.17, 15) is 13.5 Å². The summed E-state index contributed by atoms with van der Waals surface area (Å²) in [6.07, 6.45) is 43.7. The van der Waals surface area contributed by atoms with Gasteiger partial charge < -0.3 is 11.3 Å². The molecule has 0 aromatic heterocycles. The molecular weight excluding hydrogens is 607 g/mol. The summed E-state index contributed by atoms with van der Waals surface area (Å²) in [7, 11) is -2.90. The van der Waals surface area contributed by atoms with Crippen molar-refractivity contribution in [3.8, 4) is 0 Å². The Morgan fingerprint density at radius 2 is 0.660 bits per heavy atom. The zero-order chi connectivity index (χ0) is 33.9. The standard InChI is InChI=1S/C40H82O5S.H3N/c1-4-6-8-10-12-14-16-18-20-22-24-26-28-30-32-34-36-40(38-39-41,45-46(42,43)44-3)37-35-33-31-29-27-25-23-21-19-17-15-13-11-9-7-5-2;/h41H,4-39H2,1-3H3;1H3. The quantitative estimate of drug-likeness (QED) is 0.0621. The fourth-order valence-corrected chi connectivity index (χ4v) is 7.70. The van der Waals surface area contributed by atoms with Crippen molar-refractivity contribution < 1.29 is 21.9 Å². The Balaban J connectivity index is 0. The average Bonchev–Trinajstić information content (AvgIpc) is 3.04. The van der Waals surface area contributed by atoms with Crippen LogP contribution in [-0.4, -0.2) is 32.8 Å². The highest BCUT2D eigenvalue weighted by Crippen LogP contribution is 2.33. The van der Waals surface area contributed by atoms with Crippen LogP contribution in [0.25, 0.3) is 0 Å². The summed E-state index contributed by atoms with van der Waals surface area (Å²) in [4.78, 5) is 0. The van der Waals surface area contributed by atoms with Crippen molar-refractivity contribution in [1.82, 2.24) is 6.15 Å². The van der Waals surface area contributed by atoms with Gasteiger partial charge in [0.05, 0.1) is 12.7 Å². The van der Waals surface area contributed by atoms with Gasteiger partial charge in [0.2, 0.25) is 0 Å². The van der Waals surface area contributed by atoms with Gasteiger partial charge in [-0.05, 0) is 12.8 Å². The van der Waals surface area contributed by atoms with Crippen LogP contribution >= 0.6 is 0 Å². The van der Waals surface area contributed by atoms with E-state index >= 15 is 0 Å². The molecule has 4 N–H and O–H groups in total. The van der Waals surface area contributed by atoms with E-state index in [-0.39, 0.29) is 12.8 Å². The summed E-state index contributed by atoms with van der Waals surface area (Å²) < 4.78 is 34.9. The van der Waals surface area contributed by atoms with Gasteiger partial charge in [-0.15, -0.1) is 0 Å². The van der Waals surface area contributed by atoms with Crippen molar-refractivity contribution in [3.63, 3.8) is 0 Å². The zero-order valence-electron chi connectivity index (χ0n) is 32.2. The Morgan fingerprint density at radius 3 is 0.872 bits per heavy atom. The summed E-state index contributed by atoms with van der Waals surface area (Å²) in [5.41, 5.74) is -0.852. The number of hydrogen-bond donors (Lipinski definition) is 2. The highest BCUT2D eigenvalue weighted by atomic mass is 32.3. The molecule has 0 aliphatic heterocycles. The van der Waals surface area contributed by atoms with Crippen LogP contribution in [0.15, 0.2) is 0 Å². The van der Waals surface area contributed by atoms with Gasteiger partial charge in [0.1, 0.15) is 0 Å². The number of unbranched alkanes of at least 4 members (excludes halogenated alkanes) is 30. The fraction of sp³-hybridized carbons (Fsp3) is 1.00. The molecular formula is C40H85NO5S. The number of aliphatic hydroxyl groups is 1. The predicted octanol–water partition coefficient (Wildman–Crippen LogP) is 13.5. The maximum absolute atomic E-state index is 12.3. The first kappa shape index (κ1) is 48.9. The van der Waals surface area contributed by atoms with Gasteiger partial charge in [0, 0.05) is 13.0 Å². The highest BCUT2D eigenvalue weighted by Gasteiger charge is 2.35. The Labute approximate surface area is 295 Å². The van der Waals surface area contributed by atoms with E-state index in [0.29, 0.717) is 19.3 Å². The van der Waals surface area contributed by atoms with Crippen molar-refractivity contribution in [2.45, 2.75) is 244 Å². The van der Waals surface area contributed by atoms with Gasteiger partial charge in [-0.2, -0.15) is 8.42 Å². The van der Waals surface area contributed by atoms with Crippen LogP contribution in [0.1, 0.15) is 239 Å². The third kappa shape index (κ3) is 34.0. The lowest BCUT2D eigenvalue weighted by atomic mass is 9.87. The van der Waals surface area contributed by atoms with Crippen LogP contribution < -0.4 is 6.15 Å². The predicted molar refractivity (Wildman–Crippen MR) is 205 cm³/mol. The maximum Gasteiger partial charge on any atom is 0.400 e. The van der Waals surface area contributed by atoms with Crippen molar-refractivity contribution >= 4 is 10.4 Å². The molecule has 0 aromatic carbocycles. The van der Waals surface area contributed by atoms with E-state index in [1.807, 2.05) is 0 Å². The Morgan fingerprint density at radius 1 is 0.426 bits per heavy atom. The third-order valence-electron chi connectivity index (χ3n) is 10.0. The summed E-state index contributed by atoms with van der Waals surface area (Å²) >= 11 is 0. The minimum absolute atomic E-state index is 0. The number of aliphatic hydroxyl groups excluding tert-OH is 1. The number of hydrogen-bond acceptors (Lipinski definition) is 6. The first-order valence-electron chi connectivity index (χ1n) is 20.6. The third-order valence-corrected chi connectivity index (χ3v) is 11.0. The lowest BCUT2D eigenvalue weighted by Gasteiger charge is -2.32. The second-order valence-corrected chi connectivity index (χ2v) is 15.7. The molecule has 0 atom stereocenters. The minimum Gasteiger partial charge on any atom is -0.396 e. The summed E-state index contributed by atoms with van der Waals surface area (Å²) in [5, 5.41) is 9.83. The molecule has 7 heteroatoms. The van der Waals surface area contributed by atoms with Crippen molar-refractivity contribution in [2.24, 2.45) is 0 Å². The molecule has 0 amide bonds. The van der Waals surface area contributed by atoms with E-state index in [2.05, 4.69) is 18.0 Å². The second kappa shape index (κ2) is 37.1. The van der Waals surface area contributed by atoms with Crippen LogP contribution in [0.3, 0.4) is 0 Å². The van der Waals surface area contributed by atoms with Gasteiger partial charge in [0.25, 0.3) is 0 Å². The fourth-order valence-electron chi connectivity index (χ4n) is 6.94. The van der Waals surface area contributed by atoms with Crippen molar-refractivity contribution in [3.05, 3.63) is 0 Å². The molecule has 0 saturated carbocycles. The van der Waals surface area contributed by atoms with E-state index in [0.717, 1.165) is 32.8 Å². The molecule has 0 spiro atoms. The topological polar surface area (TPSA) is 108 Å². The minimum atomic E-state index is -4.05. The number of rotatable bonds is 39. The summed E-state index contributed by atoms with van der Waals surface area (Å²) in [5.74, 6) is 0. The molecule has 6 nitrogen and oxygen atoms in total. The Hall–Kier alpha value is -0.210. The van der Waals surface area contributed by atoms with Gasteiger partial charge in [-0.25, -0.2) is 4.18 Å². The smallest absolute Gasteiger partial charge is 0.396 e. The van der Waals surface area contributed by atoms with Crippen molar-refractivity contribution in [1.29, 1.82) is 0 Å². The molecule has 286 valence electrons. The van der Waals surface area contributed by atoms with Crippen LogP contribution in [0.2, 0.25) is 0 Å². The highest BCUT2D eigenvalue weighted by molar-refractivity contribution is 7.81. The molecule has 0 rings (SSSR count). The zero-order valence-corrected chi connectivity index (χ0v) is 33.0. The monoisotopic (exact) mass is 692 g/mol. The van der Waals surface area contributed by atoms with E-state index in [1.54, 1.807) is 0 Å². The van der Waals surface area contributed by atoms with Crippen LogP contribution in [0, 0.1) is 0 Å². The molecule has 0 bridgehead atoms. The second-order valence-electron chi connectivity index (χ2n) is 14.4. The molecule has 0 heterocycles. The summed E-state index contributed by atoms with van der Waals surface area (Å²) in [6, 6.07) is 0. The van der Waals surface area contributed by atoms with E-state index in [1.165, 1.54) is 180 Å². The van der Waals surface area contributed by atoms with E-state index in [4.69, 9.17) is 4.18 Å². The lowest BCUT2D eigenvalue weighted by Crippen LogP contribution is -2.37. The molecule has 0 unspecified atom stereocenters. The molecule has 0 fully saturated rings. The normalized spacial score (nSPS) is 12.1. The average molecular weight is 692 g/mol. The first-order chi connectivity index (χ1) is 22.4. The molecule has 0 saturated heterocycles. The molecule has 0 aromatic rings. The van der Waals surface area contributed by atoms with E-state index < -0.39 is 16.0 Å². The van der Waals surface area contributed by atoms with Gasteiger partial charge in [-0.1, -0.05) is 219 Å². The van der Waals surface area contributed by atoms with Gasteiger partial charge in [0.15, 0.2) is 0 Å². The van der Waals surface area contributed by atoms with Crippen molar-refractivity contribution in [2.75, 3.05) is 13.7 Å². The van der Waals surface area contributed by atoms with Crippen LogP contribution in [0.5, 0.6) is 0 Å². The Kier molecular flexibility index (Phi) is 38.6. The Bertz CT molecular complexity index is 667. The van der Waals surface area contributed by atoms with Gasteiger partial charge >= 0.3 is 10.4 Å². The van der Waals surface area contributed by atoms with Crippen LogP contribution in [-0.2, 0) is 18.8 Å². The molecule has 0 radical (unpaired) electrons. The SMILES string of the molecule is CCCCCCCCCCCCCCCCCCC(CCO)(CCCCCCCCCCCCCCCCCC)OS(=O)(=O)OC.N. The summed E-state index contributed by atoms with van der Waals surface area (Å²) in [6.45, 7) is 4.48. The molecule has 47 heavy (non-hydrogen) atoms. The molecule has 0 aliphatic carbocycles. The van der Waals surface area contributed by atoms with Crippen LogP contribution in [0.4, 0.5) is 0 Å². The van der Waals surface area contributed by atoms with Gasteiger partial charge in [-0.3, -0.25) is 4.18 Å². The maximum atomic E-state index is 12.3.